The second kappa shape index (κ2) is 6.86. The first-order valence-electron chi connectivity index (χ1n) is 6.42. The maximum Gasteiger partial charge on any atom is 0.309 e. The summed E-state index contributed by atoms with van der Waals surface area (Å²) in [5.74, 6) is 0.667. The van der Waals surface area contributed by atoms with Crippen LogP contribution in [-0.2, 0) is 9.53 Å². The molecular weight excluding hydrogens is 188 g/mol. The Morgan fingerprint density at radius 2 is 1.87 bits per heavy atom. The van der Waals surface area contributed by atoms with Crippen LogP contribution in [0, 0.1) is 11.8 Å². The van der Waals surface area contributed by atoms with Crippen LogP contribution in [0.5, 0.6) is 0 Å². The van der Waals surface area contributed by atoms with Crippen molar-refractivity contribution in [1.82, 2.24) is 0 Å². The molecule has 0 aromatic carbocycles. The first-order valence-corrected chi connectivity index (χ1v) is 6.42. The van der Waals surface area contributed by atoms with E-state index in [1.54, 1.807) is 0 Å². The van der Waals surface area contributed by atoms with Gasteiger partial charge in [-0.2, -0.15) is 0 Å². The molecule has 1 saturated heterocycles. The summed E-state index contributed by atoms with van der Waals surface area (Å²) in [6.07, 6.45) is 8.81. The summed E-state index contributed by atoms with van der Waals surface area (Å²) in [4.78, 5) is 11.3. The molecule has 1 heterocycles. The lowest BCUT2D eigenvalue weighted by molar-refractivity contribution is -0.141. The molecule has 0 bridgehead atoms. The Hall–Kier alpha value is -0.530. The molecule has 15 heavy (non-hydrogen) atoms. The first kappa shape index (κ1) is 12.5. The smallest absolute Gasteiger partial charge is 0.309 e. The molecule has 0 aromatic rings. The molecule has 88 valence electrons. The standard InChI is InChI=1S/C13H24O2/c1-3-4-5-6-7-8-9-12-11(2)10-15-13(12)14/h11-12H,3-10H2,1-2H3/t11-,12+/m1/s1. The highest BCUT2D eigenvalue weighted by Crippen LogP contribution is 2.26. The molecule has 0 spiro atoms. The maximum atomic E-state index is 11.3. The molecule has 0 N–H and O–H groups in total. The Morgan fingerprint density at radius 3 is 2.47 bits per heavy atom. The fourth-order valence-corrected chi connectivity index (χ4v) is 2.22. The molecule has 0 aliphatic carbocycles. The van der Waals surface area contributed by atoms with E-state index < -0.39 is 0 Å². The van der Waals surface area contributed by atoms with Crippen LogP contribution >= 0.6 is 0 Å². The summed E-state index contributed by atoms with van der Waals surface area (Å²) in [5.41, 5.74) is 0. The molecular formula is C13H24O2. The van der Waals surface area contributed by atoms with E-state index in [1.165, 1.54) is 38.5 Å². The van der Waals surface area contributed by atoms with Crippen LogP contribution < -0.4 is 0 Å². The van der Waals surface area contributed by atoms with Gasteiger partial charge in [0, 0.05) is 5.92 Å². The van der Waals surface area contributed by atoms with Crippen LogP contribution in [-0.4, -0.2) is 12.6 Å². The van der Waals surface area contributed by atoms with Crippen molar-refractivity contribution in [3.05, 3.63) is 0 Å². The molecule has 1 fully saturated rings. The zero-order chi connectivity index (χ0) is 11.1. The van der Waals surface area contributed by atoms with Gasteiger partial charge in [0.1, 0.15) is 0 Å². The van der Waals surface area contributed by atoms with Crippen molar-refractivity contribution in [1.29, 1.82) is 0 Å². The SMILES string of the molecule is CCCCCCCC[C@@H]1C(=O)OC[C@H]1C. The van der Waals surface area contributed by atoms with Crippen molar-refractivity contribution in [3.63, 3.8) is 0 Å². The normalized spacial score (nSPS) is 25.6. The summed E-state index contributed by atoms with van der Waals surface area (Å²) < 4.78 is 5.03. The van der Waals surface area contributed by atoms with Gasteiger partial charge in [0.25, 0.3) is 0 Å². The summed E-state index contributed by atoms with van der Waals surface area (Å²) >= 11 is 0. The largest absolute Gasteiger partial charge is 0.465 e. The predicted octanol–water partition coefficient (Wildman–Crippen LogP) is 3.55. The second-order valence-corrected chi connectivity index (χ2v) is 4.77. The van der Waals surface area contributed by atoms with Gasteiger partial charge in [0.2, 0.25) is 0 Å². The van der Waals surface area contributed by atoms with Gasteiger partial charge in [-0.15, -0.1) is 0 Å². The third-order valence-electron chi connectivity index (χ3n) is 3.35. The van der Waals surface area contributed by atoms with Crippen LogP contribution in [0.15, 0.2) is 0 Å². The monoisotopic (exact) mass is 212 g/mol. The molecule has 2 atom stereocenters. The molecule has 0 unspecified atom stereocenters. The van der Waals surface area contributed by atoms with Gasteiger partial charge in [-0.1, -0.05) is 52.4 Å². The van der Waals surface area contributed by atoms with Gasteiger partial charge in [0.15, 0.2) is 0 Å². The average Bonchev–Trinajstić information content (AvgIpc) is 2.54. The first-order chi connectivity index (χ1) is 7.25. The number of hydrogen-bond acceptors (Lipinski definition) is 2. The summed E-state index contributed by atoms with van der Waals surface area (Å²) in [6, 6.07) is 0. The number of esters is 1. The van der Waals surface area contributed by atoms with Gasteiger partial charge in [-0.05, 0) is 6.42 Å². The lowest BCUT2D eigenvalue weighted by Crippen LogP contribution is -2.13. The highest BCUT2D eigenvalue weighted by atomic mass is 16.5. The van der Waals surface area contributed by atoms with Crippen molar-refractivity contribution < 1.29 is 9.53 Å². The Bertz CT molecular complexity index is 189. The maximum absolute atomic E-state index is 11.3. The van der Waals surface area contributed by atoms with Crippen molar-refractivity contribution in [2.45, 2.75) is 58.8 Å². The van der Waals surface area contributed by atoms with Gasteiger partial charge in [-0.3, -0.25) is 4.79 Å². The highest BCUT2D eigenvalue weighted by Gasteiger charge is 2.32. The number of ether oxygens (including phenoxy) is 1. The van der Waals surface area contributed by atoms with Crippen LogP contribution in [0.2, 0.25) is 0 Å². The van der Waals surface area contributed by atoms with E-state index in [4.69, 9.17) is 4.74 Å². The molecule has 0 amide bonds. The third kappa shape index (κ3) is 4.23. The number of carbonyl (C=O) groups is 1. The highest BCUT2D eigenvalue weighted by molar-refractivity contribution is 5.74. The van der Waals surface area contributed by atoms with E-state index in [-0.39, 0.29) is 11.9 Å². The van der Waals surface area contributed by atoms with E-state index in [0.29, 0.717) is 12.5 Å². The number of unbranched alkanes of at least 4 members (excludes halogenated alkanes) is 5. The summed E-state index contributed by atoms with van der Waals surface area (Å²) in [6.45, 7) is 4.99. The van der Waals surface area contributed by atoms with Crippen molar-refractivity contribution in [2.75, 3.05) is 6.61 Å². The number of carbonyl (C=O) groups excluding carboxylic acids is 1. The van der Waals surface area contributed by atoms with E-state index in [1.807, 2.05) is 0 Å². The van der Waals surface area contributed by atoms with E-state index in [0.717, 1.165) is 6.42 Å². The zero-order valence-electron chi connectivity index (χ0n) is 10.1. The minimum Gasteiger partial charge on any atom is -0.465 e. The minimum atomic E-state index is 0.0380. The molecule has 1 rings (SSSR count). The Kier molecular flexibility index (Phi) is 5.74. The molecule has 2 heteroatoms. The van der Waals surface area contributed by atoms with Gasteiger partial charge in [0.05, 0.1) is 12.5 Å². The fraction of sp³-hybridized carbons (Fsp3) is 0.923. The third-order valence-corrected chi connectivity index (χ3v) is 3.35. The average molecular weight is 212 g/mol. The predicted molar refractivity (Wildman–Crippen MR) is 61.6 cm³/mol. The number of cyclic esters (lactones) is 1. The lowest BCUT2D eigenvalue weighted by atomic mass is 9.91. The summed E-state index contributed by atoms with van der Waals surface area (Å²) in [5, 5.41) is 0. The van der Waals surface area contributed by atoms with Crippen LogP contribution in [0.4, 0.5) is 0 Å². The fourth-order valence-electron chi connectivity index (χ4n) is 2.22. The molecule has 0 saturated carbocycles. The molecule has 1 aliphatic heterocycles. The molecule has 0 aromatic heterocycles. The van der Waals surface area contributed by atoms with Crippen LogP contribution in [0.3, 0.4) is 0 Å². The second-order valence-electron chi connectivity index (χ2n) is 4.77. The van der Waals surface area contributed by atoms with E-state index >= 15 is 0 Å². The zero-order valence-corrected chi connectivity index (χ0v) is 10.1. The molecule has 1 aliphatic rings. The number of hydrogen-bond donors (Lipinski definition) is 0. The van der Waals surface area contributed by atoms with Crippen molar-refractivity contribution in [3.8, 4) is 0 Å². The van der Waals surface area contributed by atoms with E-state index in [9.17, 15) is 4.79 Å². The Morgan fingerprint density at radius 1 is 1.20 bits per heavy atom. The summed E-state index contributed by atoms with van der Waals surface area (Å²) in [7, 11) is 0. The van der Waals surface area contributed by atoms with Gasteiger partial charge in [-0.25, -0.2) is 0 Å². The minimum absolute atomic E-state index is 0.0380. The van der Waals surface area contributed by atoms with Crippen molar-refractivity contribution in [2.24, 2.45) is 11.8 Å². The molecule has 2 nitrogen and oxygen atoms in total. The van der Waals surface area contributed by atoms with Gasteiger partial charge >= 0.3 is 5.97 Å². The Balaban J connectivity index is 2.02. The van der Waals surface area contributed by atoms with Gasteiger partial charge < -0.3 is 4.74 Å². The van der Waals surface area contributed by atoms with Crippen molar-refractivity contribution >= 4 is 5.97 Å². The lowest BCUT2D eigenvalue weighted by Gasteiger charge is -2.09. The van der Waals surface area contributed by atoms with E-state index in [2.05, 4.69) is 13.8 Å². The topological polar surface area (TPSA) is 26.3 Å². The van der Waals surface area contributed by atoms with Crippen LogP contribution in [0.25, 0.3) is 0 Å². The quantitative estimate of drug-likeness (QED) is 0.476. The Labute approximate surface area is 93.4 Å². The molecule has 0 radical (unpaired) electrons. The number of rotatable bonds is 7. The van der Waals surface area contributed by atoms with Crippen LogP contribution in [0.1, 0.15) is 58.8 Å².